The highest BCUT2D eigenvalue weighted by molar-refractivity contribution is 6.18. The predicted molar refractivity (Wildman–Crippen MR) is 90.6 cm³/mol. The molecule has 0 amide bonds. The predicted octanol–water partition coefficient (Wildman–Crippen LogP) is 3.67. The van der Waals surface area contributed by atoms with Crippen LogP contribution >= 0.6 is 11.6 Å². The molecular weight excluding hydrogens is 334 g/mol. The zero-order valence-electron chi connectivity index (χ0n) is 12.6. The standard InChI is InChI=1S/C16H14ClN3O4/c17-9-14-7-11-3-1-2-4-12(11)10-18(14)15-6-5-13(19(21)22)8-16(15)20(23)24/h1-6,8,14H,7,9-10H2. The van der Waals surface area contributed by atoms with Crippen molar-refractivity contribution in [2.24, 2.45) is 0 Å². The van der Waals surface area contributed by atoms with E-state index in [0.717, 1.165) is 11.6 Å². The fourth-order valence-electron chi connectivity index (χ4n) is 3.02. The highest BCUT2D eigenvalue weighted by atomic mass is 35.5. The van der Waals surface area contributed by atoms with Crippen molar-refractivity contribution in [2.45, 2.75) is 19.0 Å². The van der Waals surface area contributed by atoms with Gasteiger partial charge in [0.15, 0.2) is 0 Å². The molecule has 7 nitrogen and oxygen atoms in total. The zero-order valence-corrected chi connectivity index (χ0v) is 13.3. The highest BCUT2D eigenvalue weighted by Gasteiger charge is 2.31. The Morgan fingerprint density at radius 1 is 1.08 bits per heavy atom. The Labute approximate surface area is 142 Å². The molecule has 2 aromatic rings. The Hall–Kier alpha value is -2.67. The first-order valence-corrected chi connectivity index (χ1v) is 7.87. The second-order valence-corrected chi connectivity index (χ2v) is 5.90. The van der Waals surface area contributed by atoms with Crippen molar-refractivity contribution < 1.29 is 9.85 Å². The average molecular weight is 348 g/mol. The molecule has 1 aliphatic rings. The molecule has 0 aromatic heterocycles. The van der Waals surface area contributed by atoms with Gasteiger partial charge in [0.25, 0.3) is 11.4 Å². The van der Waals surface area contributed by atoms with Gasteiger partial charge in [-0.3, -0.25) is 20.2 Å². The first kappa shape index (κ1) is 16.2. The van der Waals surface area contributed by atoms with Gasteiger partial charge in [0.05, 0.1) is 15.9 Å². The number of benzene rings is 2. The summed E-state index contributed by atoms with van der Waals surface area (Å²) in [6, 6.07) is 11.5. The summed E-state index contributed by atoms with van der Waals surface area (Å²) in [5.41, 5.74) is 2.02. The molecule has 0 saturated heterocycles. The van der Waals surface area contributed by atoms with Gasteiger partial charge in [-0.1, -0.05) is 24.3 Å². The van der Waals surface area contributed by atoms with Crippen LogP contribution in [0.2, 0.25) is 0 Å². The van der Waals surface area contributed by atoms with Gasteiger partial charge in [-0.25, -0.2) is 0 Å². The van der Waals surface area contributed by atoms with Crippen LogP contribution in [0, 0.1) is 20.2 Å². The number of fused-ring (bicyclic) bond motifs is 1. The number of hydrogen-bond donors (Lipinski definition) is 0. The summed E-state index contributed by atoms with van der Waals surface area (Å²) < 4.78 is 0. The lowest BCUT2D eigenvalue weighted by Gasteiger charge is -2.37. The number of nitro groups is 2. The van der Waals surface area contributed by atoms with E-state index < -0.39 is 9.85 Å². The van der Waals surface area contributed by atoms with Gasteiger partial charge in [-0.05, 0) is 23.6 Å². The van der Waals surface area contributed by atoms with E-state index in [1.165, 1.54) is 17.7 Å². The van der Waals surface area contributed by atoms with Crippen LogP contribution in [-0.4, -0.2) is 21.8 Å². The van der Waals surface area contributed by atoms with Crippen LogP contribution in [0.3, 0.4) is 0 Å². The second-order valence-electron chi connectivity index (χ2n) is 5.60. The van der Waals surface area contributed by atoms with Crippen LogP contribution in [-0.2, 0) is 13.0 Å². The summed E-state index contributed by atoms with van der Waals surface area (Å²) in [6.07, 6.45) is 0.674. The molecule has 3 rings (SSSR count). The minimum absolute atomic E-state index is 0.110. The Morgan fingerprint density at radius 3 is 2.42 bits per heavy atom. The third-order valence-corrected chi connectivity index (χ3v) is 4.57. The molecule has 1 unspecified atom stereocenters. The molecule has 0 bridgehead atoms. The maximum absolute atomic E-state index is 11.4. The Balaban J connectivity index is 2.07. The number of nitro benzene ring substituents is 2. The quantitative estimate of drug-likeness (QED) is 0.478. The molecule has 0 radical (unpaired) electrons. The average Bonchev–Trinajstić information content (AvgIpc) is 2.59. The minimum atomic E-state index is -0.638. The summed E-state index contributed by atoms with van der Waals surface area (Å²) in [7, 11) is 0. The van der Waals surface area contributed by atoms with E-state index in [-0.39, 0.29) is 17.4 Å². The SMILES string of the molecule is O=[N+]([O-])c1ccc(N2Cc3ccccc3CC2CCl)c([N+](=O)[O-])c1. The molecule has 24 heavy (non-hydrogen) atoms. The molecule has 0 spiro atoms. The molecule has 124 valence electrons. The molecule has 1 atom stereocenters. The van der Waals surface area contributed by atoms with Crippen LogP contribution in [0.25, 0.3) is 0 Å². The third-order valence-electron chi connectivity index (χ3n) is 4.21. The third kappa shape index (κ3) is 2.90. The van der Waals surface area contributed by atoms with E-state index in [4.69, 9.17) is 11.6 Å². The van der Waals surface area contributed by atoms with Crippen molar-refractivity contribution in [3.8, 4) is 0 Å². The number of alkyl halides is 1. The van der Waals surface area contributed by atoms with Crippen LogP contribution in [0.5, 0.6) is 0 Å². The molecule has 1 aliphatic heterocycles. The van der Waals surface area contributed by atoms with Crippen LogP contribution in [0.15, 0.2) is 42.5 Å². The van der Waals surface area contributed by atoms with Gasteiger partial charge in [0.1, 0.15) is 5.69 Å². The van der Waals surface area contributed by atoms with Gasteiger partial charge < -0.3 is 4.90 Å². The van der Waals surface area contributed by atoms with Crippen molar-refractivity contribution in [3.63, 3.8) is 0 Å². The largest absolute Gasteiger partial charge is 0.357 e. The fourth-order valence-corrected chi connectivity index (χ4v) is 3.30. The topological polar surface area (TPSA) is 89.5 Å². The maximum atomic E-state index is 11.4. The van der Waals surface area contributed by atoms with E-state index >= 15 is 0 Å². The number of nitrogens with zero attached hydrogens (tertiary/aromatic N) is 3. The second kappa shape index (κ2) is 6.45. The van der Waals surface area contributed by atoms with Crippen molar-refractivity contribution in [1.29, 1.82) is 0 Å². The van der Waals surface area contributed by atoms with E-state index in [2.05, 4.69) is 0 Å². The normalized spacial score (nSPS) is 16.5. The summed E-state index contributed by atoms with van der Waals surface area (Å²) in [6.45, 7) is 0.478. The van der Waals surface area contributed by atoms with Gasteiger partial charge >= 0.3 is 0 Å². The Kier molecular flexibility index (Phi) is 4.35. The summed E-state index contributed by atoms with van der Waals surface area (Å²) in [5.74, 6) is 0.308. The molecule has 0 saturated carbocycles. The molecule has 0 aliphatic carbocycles. The molecule has 0 N–H and O–H groups in total. The molecule has 8 heteroatoms. The van der Waals surface area contributed by atoms with Crippen molar-refractivity contribution in [3.05, 3.63) is 73.8 Å². The molecule has 0 fully saturated rings. The number of hydrogen-bond acceptors (Lipinski definition) is 5. The van der Waals surface area contributed by atoms with Gasteiger partial charge in [-0.2, -0.15) is 0 Å². The maximum Gasteiger partial charge on any atom is 0.299 e. The van der Waals surface area contributed by atoms with Crippen molar-refractivity contribution in [2.75, 3.05) is 10.8 Å². The van der Waals surface area contributed by atoms with Gasteiger partial charge in [0, 0.05) is 24.5 Å². The lowest BCUT2D eigenvalue weighted by molar-refractivity contribution is -0.393. The first-order valence-electron chi connectivity index (χ1n) is 7.33. The Bertz CT molecular complexity index is 812. The highest BCUT2D eigenvalue weighted by Crippen LogP contribution is 2.37. The number of anilines is 1. The number of halogens is 1. The van der Waals surface area contributed by atoms with E-state index in [0.29, 0.717) is 24.5 Å². The van der Waals surface area contributed by atoms with Crippen LogP contribution in [0.4, 0.5) is 17.1 Å². The van der Waals surface area contributed by atoms with Crippen LogP contribution in [0.1, 0.15) is 11.1 Å². The number of rotatable bonds is 4. The monoisotopic (exact) mass is 347 g/mol. The Morgan fingerprint density at radius 2 is 1.79 bits per heavy atom. The first-order chi connectivity index (χ1) is 11.5. The molecule has 2 aromatic carbocycles. The summed E-state index contributed by atoms with van der Waals surface area (Å²) in [4.78, 5) is 22.9. The molecule has 1 heterocycles. The van der Waals surface area contributed by atoms with Crippen molar-refractivity contribution in [1.82, 2.24) is 0 Å². The minimum Gasteiger partial charge on any atom is -0.357 e. The van der Waals surface area contributed by atoms with Gasteiger partial charge in [-0.15, -0.1) is 11.6 Å². The van der Waals surface area contributed by atoms with E-state index in [1.807, 2.05) is 29.2 Å². The van der Waals surface area contributed by atoms with E-state index in [1.54, 1.807) is 0 Å². The number of non-ortho nitro benzene ring substituents is 1. The lowest BCUT2D eigenvalue weighted by Crippen LogP contribution is -2.42. The molecular formula is C16H14ClN3O4. The van der Waals surface area contributed by atoms with E-state index in [9.17, 15) is 20.2 Å². The summed E-state index contributed by atoms with van der Waals surface area (Å²) >= 11 is 6.09. The van der Waals surface area contributed by atoms with Crippen LogP contribution < -0.4 is 4.90 Å². The lowest BCUT2D eigenvalue weighted by atomic mass is 9.94. The van der Waals surface area contributed by atoms with Gasteiger partial charge in [0.2, 0.25) is 0 Å². The zero-order chi connectivity index (χ0) is 17.3. The van der Waals surface area contributed by atoms with Crippen molar-refractivity contribution >= 4 is 28.7 Å². The fraction of sp³-hybridized carbons (Fsp3) is 0.250. The summed E-state index contributed by atoms with van der Waals surface area (Å²) in [5, 5.41) is 22.3. The smallest absolute Gasteiger partial charge is 0.299 e.